The number of carbonyl (C=O) groups excluding carboxylic acids is 1. The monoisotopic (exact) mass is 449 g/mol. The molecule has 1 aliphatic heterocycles. The number of nitrogens with zero attached hydrogens (tertiary/aromatic N) is 2. The van der Waals surface area contributed by atoms with Crippen LogP contribution in [0.1, 0.15) is 56.2 Å². The van der Waals surface area contributed by atoms with E-state index in [9.17, 15) is 14.7 Å². The molecule has 1 aromatic heterocycles. The van der Waals surface area contributed by atoms with E-state index in [2.05, 4.69) is 10.1 Å². The van der Waals surface area contributed by atoms with Crippen molar-refractivity contribution in [3.63, 3.8) is 0 Å². The molecule has 0 fully saturated rings. The van der Waals surface area contributed by atoms with Gasteiger partial charge in [-0.3, -0.25) is 0 Å². The predicted molar refractivity (Wildman–Crippen MR) is 112 cm³/mol. The highest BCUT2D eigenvalue weighted by Gasteiger charge is 2.35. The molecule has 0 radical (unpaired) electrons. The number of hydrogen-bond acceptors (Lipinski definition) is 10. The van der Waals surface area contributed by atoms with E-state index >= 15 is 0 Å². The fourth-order valence-electron chi connectivity index (χ4n) is 2.70. The van der Waals surface area contributed by atoms with Gasteiger partial charge in [-0.25, -0.2) is 14.6 Å². The molecule has 1 aliphatic rings. The topological polar surface area (TPSA) is 143 Å². The Morgan fingerprint density at radius 2 is 2.00 bits per heavy atom. The zero-order chi connectivity index (χ0) is 23.0. The van der Waals surface area contributed by atoms with Gasteiger partial charge >= 0.3 is 11.9 Å². The summed E-state index contributed by atoms with van der Waals surface area (Å²) < 4.78 is 17.0. The minimum Gasteiger partial charge on any atom is -0.476 e. The summed E-state index contributed by atoms with van der Waals surface area (Å²) in [4.78, 5) is 33.2. The quantitative estimate of drug-likeness (QED) is 0.386. The van der Waals surface area contributed by atoms with Crippen molar-refractivity contribution in [1.29, 1.82) is 0 Å². The Labute approximate surface area is 182 Å². The molecule has 2 aromatic rings. The second kappa shape index (κ2) is 8.06. The summed E-state index contributed by atoms with van der Waals surface area (Å²) in [5.41, 5.74) is 5.24. The fraction of sp³-hybridized carbons (Fsp3) is 0.400. The highest BCUT2D eigenvalue weighted by atomic mass is 32.1. The molecule has 166 valence electrons. The van der Waals surface area contributed by atoms with Crippen LogP contribution in [0.15, 0.2) is 22.7 Å². The van der Waals surface area contributed by atoms with Gasteiger partial charge in [-0.05, 0) is 32.9 Å². The van der Waals surface area contributed by atoms with E-state index in [1.54, 1.807) is 34.6 Å². The number of carboxylic acids is 1. The predicted octanol–water partition coefficient (Wildman–Crippen LogP) is 3.19. The molecule has 0 aliphatic carbocycles. The number of aliphatic carboxylic acids is 1. The number of oxime groups is 1. The average molecular weight is 449 g/mol. The molecule has 0 spiro atoms. The molecular formula is C20H23N3O7S. The first kappa shape index (κ1) is 22.3. The van der Waals surface area contributed by atoms with E-state index in [4.69, 9.17) is 24.8 Å². The van der Waals surface area contributed by atoms with Crippen molar-refractivity contribution in [2.75, 3.05) is 5.73 Å². The Kier molecular flexibility index (Phi) is 5.81. The van der Waals surface area contributed by atoms with Gasteiger partial charge in [0.05, 0.1) is 5.56 Å². The molecule has 0 atom stereocenters. The van der Waals surface area contributed by atoms with Crippen molar-refractivity contribution < 1.29 is 33.7 Å². The smallest absolute Gasteiger partial charge is 0.360 e. The van der Waals surface area contributed by atoms with E-state index in [0.29, 0.717) is 17.1 Å². The molecular weight excluding hydrogens is 426 g/mol. The van der Waals surface area contributed by atoms with Crippen LogP contribution in [0, 0.1) is 0 Å². The Bertz CT molecular complexity index is 1050. The van der Waals surface area contributed by atoms with Gasteiger partial charge in [0.15, 0.2) is 16.6 Å². The van der Waals surface area contributed by atoms with Gasteiger partial charge in [0, 0.05) is 24.8 Å². The number of rotatable bonds is 6. The van der Waals surface area contributed by atoms with Crippen molar-refractivity contribution in [3.05, 3.63) is 34.3 Å². The Balaban J connectivity index is 1.89. The van der Waals surface area contributed by atoms with Crippen molar-refractivity contribution >= 4 is 34.1 Å². The number of aromatic nitrogens is 1. The van der Waals surface area contributed by atoms with Crippen molar-refractivity contribution in [1.82, 2.24) is 4.98 Å². The summed E-state index contributed by atoms with van der Waals surface area (Å²) in [5.74, 6) is -2.09. The van der Waals surface area contributed by atoms with Gasteiger partial charge in [-0.2, -0.15) is 0 Å². The summed E-state index contributed by atoms with van der Waals surface area (Å²) >= 11 is 1.08. The number of hydrogen-bond donors (Lipinski definition) is 2. The van der Waals surface area contributed by atoms with Crippen LogP contribution in [0.2, 0.25) is 0 Å². The molecule has 1 aromatic carbocycles. The van der Waals surface area contributed by atoms with Gasteiger partial charge in [-0.15, -0.1) is 11.3 Å². The second-order valence-electron chi connectivity index (χ2n) is 8.16. The Morgan fingerprint density at radius 3 is 2.58 bits per heavy atom. The van der Waals surface area contributed by atoms with Crippen LogP contribution in [-0.2, 0) is 21.0 Å². The van der Waals surface area contributed by atoms with Crippen molar-refractivity contribution in [3.8, 4) is 11.5 Å². The first-order valence-electron chi connectivity index (χ1n) is 9.27. The fourth-order valence-corrected chi connectivity index (χ4v) is 3.25. The number of thiazole rings is 1. The van der Waals surface area contributed by atoms with E-state index in [0.717, 1.165) is 11.3 Å². The molecule has 10 nitrogen and oxygen atoms in total. The molecule has 0 saturated heterocycles. The lowest BCUT2D eigenvalue weighted by Crippen LogP contribution is -2.29. The van der Waals surface area contributed by atoms with Gasteiger partial charge in [0.25, 0.3) is 0 Å². The van der Waals surface area contributed by atoms with Crippen molar-refractivity contribution in [2.45, 2.75) is 52.6 Å². The maximum Gasteiger partial charge on any atom is 0.360 e. The zero-order valence-corrected chi connectivity index (χ0v) is 18.5. The number of ether oxygens (including phenoxy) is 3. The number of anilines is 1. The third-order valence-corrected chi connectivity index (χ3v) is 4.49. The lowest BCUT2D eigenvalue weighted by atomic mass is 10.1. The Morgan fingerprint density at radius 1 is 1.29 bits per heavy atom. The summed E-state index contributed by atoms with van der Waals surface area (Å²) in [6, 6.07) is 3.07. The normalized spacial score (nSPS) is 14.9. The molecule has 0 bridgehead atoms. The van der Waals surface area contributed by atoms with E-state index in [-0.39, 0.29) is 23.0 Å². The molecule has 0 saturated carbocycles. The molecule has 3 rings (SSSR count). The van der Waals surface area contributed by atoms with Crippen LogP contribution in [0.25, 0.3) is 0 Å². The molecule has 0 unspecified atom stereocenters. The highest BCUT2D eigenvalue weighted by molar-refractivity contribution is 7.13. The lowest BCUT2D eigenvalue weighted by molar-refractivity contribution is -0.129. The molecule has 2 heterocycles. The standard InChI is InChI=1S/C20H23N3O7S/c1-19(2,3)30-17(26)10-6-11(15-13(7-10)28-20(4,5)29-15)8-27-23-14(16(24)25)12-9-31-18(21)22-12/h6-7,9H,8H2,1-5H3,(H2,21,22)(H,24,25)/b23-14-. The number of carbonyl (C=O) groups is 2. The second-order valence-corrected chi connectivity index (χ2v) is 9.05. The van der Waals surface area contributed by atoms with Crippen LogP contribution in [0.3, 0.4) is 0 Å². The van der Waals surface area contributed by atoms with Gasteiger partial charge < -0.3 is 29.9 Å². The SMILES string of the molecule is CC(C)(C)OC(=O)c1cc(CO/N=C(\C(=O)O)c2csc(N)n2)c2c(c1)OC(C)(C)O2. The molecule has 3 N–H and O–H groups in total. The van der Waals surface area contributed by atoms with Crippen molar-refractivity contribution in [2.24, 2.45) is 5.16 Å². The van der Waals surface area contributed by atoms with E-state index in [1.165, 1.54) is 17.5 Å². The van der Waals surface area contributed by atoms with Crippen LogP contribution >= 0.6 is 11.3 Å². The third-order valence-electron chi connectivity index (χ3n) is 3.81. The van der Waals surface area contributed by atoms with Crippen LogP contribution in [-0.4, -0.2) is 39.1 Å². The van der Waals surface area contributed by atoms with Crippen LogP contribution in [0.4, 0.5) is 5.13 Å². The summed E-state index contributed by atoms with van der Waals surface area (Å²) in [5, 5.41) is 14.8. The number of carboxylic acid groups (broad SMARTS) is 1. The summed E-state index contributed by atoms with van der Waals surface area (Å²) in [7, 11) is 0. The van der Waals surface area contributed by atoms with Gasteiger partial charge in [-0.1, -0.05) is 5.16 Å². The highest BCUT2D eigenvalue weighted by Crippen LogP contribution is 2.43. The maximum atomic E-state index is 12.5. The number of esters is 1. The minimum absolute atomic E-state index is 0.0865. The largest absolute Gasteiger partial charge is 0.476 e. The molecule has 31 heavy (non-hydrogen) atoms. The van der Waals surface area contributed by atoms with E-state index in [1.807, 2.05) is 0 Å². The first-order chi connectivity index (χ1) is 14.3. The summed E-state index contributed by atoms with van der Waals surface area (Å²) in [6.07, 6.45) is 0. The third kappa shape index (κ3) is 5.43. The van der Waals surface area contributed by atoms with E-state index < -0.39 is 29.0 Å². The average Bonchev–Trinajstić information content (AvgIpc) is 3.17. The number of nitrogens with two attached hydrogens (primary N) is 1. The zero-order valence-electron chi connectivity index (χ0n) is 17.7. The minimum atomic E-state index is -1.32. The number of benzene rings is 1. The van der Waals surface area contributed by atoms with Gasteiger partial charge in [0.1, 0.15) is 17.9 Å². The van der Waals surface area contributed by atoms with Gasteiger partial charge in [0.2, 0.25) is 11.5 Å². The van der Waals surface area contributed by atoms with Crippen LogP contribution < -0.4 is 15.2 Å². The maximum absolute atomic E-state index is 12.5. The first-order valence-corrected chi connectivity index (χ1v) is 10.2. The Hall–Kier alpha value is -3.34. The summed E-state index contributed by atoms with van der Waals surface area (Å²) in [6.45, 7) is 8.54. The lowest BCUT2D eigenvalue weighted by Gasteiger charge is -2.19. The van der Waals surface area contributed by atoms with Crippen LogP contribution in [0.5, 0.6) is 11.5 Å². The molecule has 11 heteroatoms. The number of nitrogen functional groups attached to an aromatic ring is 1. The number of fused-ring (bicyclic) bond motifs is 1. The molecule has 0 amide bonds.